The Balaban J connectivity index is 2.25. The van der Waals surface area contributed by atoms with Crippen molar-refractivity contribution >= 4 is 16.0 Å². The predicted octanol–water partition coefficient (Wildman–Crippen LogP) is 1.40. The van der Waals surface area contributed by atoms with E-state index in [4.69, 9.17) is 10.4 Å². The number of rotatable bonds is 4. The van der Waals surface area contributed by atoms with E-state index < -0.39 is 28.0 Å². The van der Waals surface area contributed by atoms with Crippen LogP contribution in [0.25, 0.3) is 0 Å². The lowest BCUT2D eigenvalue weighted by molar-refractivity contribution is -0.141. The topological polar surface area (TPSA) is 107 Å². The molecule has 21 heavy (non-hydrogen) atoms. The molecule has 1 aliphatic carbocycles. The largest absolute Gasteiger partial charge is 0.481 e. The van der Waals surface area contributed by atoms with Crippen LogP contribution < -0.4 is 4.72 Å². The van der Waals surface area contributed by atoms with Crippen molar-refractivity contribution < 1.29 is 18.3 Å². The second-order valence-electron chi connectivity index (χ2n) is 5.19. The van der Waals surface area contributed by atoms with Crippen molar-refractivity contribution in [3.8, 4) is 6.07 Å². The first-order chi connectivity index (χ1) is 9.85. The van der Waals surface area contributed by atoms with Gasteiger partial charge in [0.15, 0.2) is 0 Å². The van der Waals surface area contributed by atoms with E-state index in [1.54, 1.807) is 6.92 Å². The minimum absolute atomic E-state index is 0.0510. The Morgan fingerprint density at radius 2 is 2.14 bits per heavy atom. The van der Waals surface area contributed by atoms with Gasteiger partial charge in [-0.2, -0.15) is 5.26 Å². The SMILES string of the molecule is Cc1cc(S(=O)(=O)NC2CCCC2C(=O)O)ccc1C#N. The normalized spacial score (nSPS) is 21.9. The summed E-state index contributed by atoms with van der Waals surface area (Å²) >= 11 is 0. The molecule has 0 bridgehead atoms. The van der Waals surface area contributed by atoms with E-state index in [-0.39, 0.29) is 4.90 Å². The highest BCUT2D eigenvalue weighted by Gasteiger charge is 2.35. The van der Waals surface area contributed by atoms with Crippen LogP contribution in [0.5, 0.6) is 0 Å². The van der Waals surface area contributed by atoms with E-state index in [2.05, 4.69) is 4.72 Å². The number of hydrogen-bond acceptors (Lipinski definition) is 4. The highest BCUT2D eigenvalue weighted by molar-refractivity contribution is 7.89. The summed E-state index contributed by atoms with van der Waals surface area (Å²) in [7, 11) is -3.78. The molecule has 2 atom stereocenters. The first-order valence-electron chi connectivity index (χ1n) is 6.61. The fourth-order valence-corrected chi connectivity index (χ4v) is 3.99. The molecule has 0 amide bonds. The molecule has 0 aliphatic heterocycles. The summed E-state index contributed by atoms with van der Waals surface area (Å²) in [5, 5.41) is 18.0. The number of nitriles is 1. The molecule has 1 aromatic rings. The lowest BCUT2D eigenvalue weighted by Gasteiger charge is -2.18. The minimum atomic E-state index is -3.78. The van der Waals surface area contributed by atoms with Crippen molar-refractivity contribution in [1.82, 2.24) is 4.72 Å². The van der Waals surface area contributed by atoms with E-state index >= 15 is 0 Å². The van der Waals surface area contributed by atoms with Crippen LogP contribution in [0, 0.1) is 24.2 Å². The fourth-order valence-electron chi connectivity index (χ4n) is 2.59. The molecule has 2 unspecified atom stereocenters. The van der Waals surface area contributed by atoms with Crippen LogP contribution in [-0.4, -0.2) is 25.5 Å². The summed E-state index contributed by atoms with van der Waals surface area (Å²) in [6.45, 7) is 1.66. The zero-order chi connectivity index (χ0) is 15.6. The Morgan fingerprint density at radius 1 is 1.43 bits per heavy atom. The molecule has 0 saturated heterocycles. The molecular formula is C14H16N2O4S. The van der Waals surface area contributed by atoms with E-state index in [0.717, 1.165) is 0 Å². The van der Waals surface area contributed by atoms with Crippen molar-refractivity contribution in [1.29, 1.82) is 5.26 Å². The van der Waals surface area contributed by atoms with Gasteiger partial charge in [-0.1, -0.05) is 6.42 Å². The summed E-state index contributed by atoms with van der Waals surface area (Å²) in [6, 6.07) is 5.63. The van der Waals surface area contributed by atoms with Gasteiger partial charge in [0.1, 0.15) is 0 Å². The van der Waals surface area contributed by atoms with Gasteiger partial charge in [0.25, 0.3) is 0 Å². The van der Waals surface area contributed by atoms with Crippen molar-refractivity contribution in [2.45, 2.75) is 37.1 Å². The lowest BCUT2D eigenvalue weighted by atomic mass is 10.1. The third kappa shape index (κ3) is 3.23. The standard InChI is InChI=1S/C14H16N2O4S/c1-9-7-11(6-5-10(9)8-15)21(19,20)16-13-4-2-3-12(13)14(17)18/h5-7,12-13,16H,2-4H2,1H3,(H,17,18). The van der Waals surface area contributed by atoms with Gasteiger partial charge < -0.3 is 5.11 Å². The highest BCUT2D eigenvalue weighted by Crippen LogP contribution is 2.27. The summed E-state index contributed by atoms with van der Waals surface area (Å²) in [6.07, 6.45) is 1.69. The molecule has 7 heteroatoms. The number of carboxylic acids is 1. The molecule has 0 aromatic heterocycles. The molecule has 1 fully saturated rings. The maximum atomic E-state index is 12.3. The number of nitrogens with zero attached hydrogens (tertiary/aromatic N) is 1. The van der Waals surface area contributed by atoms with Crippen LogP contribution in [0.2, 0.25) is 0 Å². The van der Waals surface area contributed by atoms with Gasteiger partial charge in [-0.3, -0.25) is 4.79 Å². The van der Waals surface area contributed by atoms with Gasteiger partial charge in [-0.25, -0.2) is 13.1 Å². The number of hydrogen-bond donors (Lipinski definition) is 2. The van der Waals surface area contributed by atoms with Crippen molar-refractivity contribution in [2.24, 2.45) is 5.92 Å². The minimum Gasteiger partial charge on any atom is -0.481 e. The van der Waals surface area contributed by atoms with Crippen molar-refractivity contribution in [2.75, 3.05) is 0 Å². The quantitative estimate of drug-likeness (QED) is 0.874. The lowest BCUT2D eigenvalue weighted by Crippen LogP contribution is -2.40. The molecular weight excluding hydrogens is 292 g/mol. The van der Waals surface area contributed by atoms with Crippen LogP contribution in [0.15, 0.2) is 23.1 Å². The first-order valence-corrected chi connectivity index (χ1v) is 8.09. The molecule has 0 radical (unpaired) electrons. The number of nitrogens with one attached hydrogen (secondary N) is 1. The van der Waals surface area contributed by atoms with Crippen molar-refractivity contribution in [3.63, 3.8) is 0 Å². The van der Waals surface area contributed by atoms with Crippen molar-refractivity contribution in [3.05, 3.63) is 29.3 Å². The average molecular weight is 308 g/mol. The zero-order valence-corrected chi connectivity index (χ0v) is 12.4. The fraction of sp³-hybridized carbons (Fsp3) is 0.429. The molecule has 112 valence electrons. The number of sulfonamides is 1. The van der Waals surface area contributed by atoms with Crippen LogP contribution in [-0.2, 0) is 14.8 Å². The smallest absolute Gasteiger partial charge is 0.308 e. The van der Waals surface area contributed by atoms with E-state index in [0.29, 0.717) is 30.4 Å². The van der Waals surface area contributed by atoms with Crippen LogP contribution in [0.3, 0.4) is 0 Å². The maximum absolute atomic E-state index is 12.3. The Bertz CT molecular complexity index is 706. The van der Waals surface area contributed by atoms with Gasteiger partial charge in [-0.15, -0.1) is 0 Å². The molecule has 0 heterocycles. The highest BCUT2D eigenvalue weighted by atomic mass is 32.2. The number of aliphatic carboxylic acids is 1. The maximum Gasteiger partial charge on any atom is 0.308 e. The Kier molecular flexibility index (Phi) is 4.30. The van der Waals surface area contributed by atoms with Gasteiger partial charge in [0, 0.05) is 6.04 Å². The van der Waals surface area contributed by atoms with E-state index in [1.807, 2.05) is 6.07 Å². The number of carboxylic acid groups (broad SMARTS) is 1. The van der Waals surface area contributed by atoms with Gasteiger partial charge in [0.05, 0.1) is 22.4 Å². The van der Waals surface area contributed by atoms with Crippen LogP contribution in [0.1, 0.15) is 30.4 Å². The summed E-state index contributed by atoms with van der Waals surface area (Å²) in [5.74, 6) is -1.66. The number of aryl methyl sites for hydroxylation is 1. The third-order valence-electron chi connectivity index (χ3n) is 3.77. The monoisotopic (exact) mass is 308 g/mol. The molecule has 1 saturated carbocycles. The van der Waals surface area contributed by atoms with Gasteiger partial charge in [0.2, 0.25) is 10.0 Å². The molecule has 1 aliphatic rings. The molecule has 0 spiro atoms. The summed E-state index contributed by atoms with van der Waals surface area (Å²) in [5.41, 5.74) is 0.986. The molecule has 6 nitrogen and oxygen atoms in total. The van der Waals surface area contributed by atoms with E-state index in [1.165, 1.54) is 18.2 Å². The molecule has 2 N–H and O–H groups in total. The second-order valence-corrected chi connectivity index (χ2v) is 6.91. The Morgan fingerprint density at radius 3 is 2.71 bits per heavy atom. The molecule has 2 rings (SSSR count). The van der Waals surface area contributed by atoms with E-state index in [9.17, 15) is 13.2 Å². The van der Waals surface area contributed by atoms with Crippen LogP contribution >= 0.6 is 0 Å². The molecule has 1 aromatic carbocycles. The van der Waals surface area contributed by atoms with Gasteiger partial charge in [-0.05, 0) is 43.5 Å². The Hall–Kier alpha value is -1.91. The predicted molar refractivity (Wildman–Crippen MR) is 75.0 cm³/mol. The number of carbonyl (C=O) groups is 1. The van der Waals surface area contributed by atoms with Crippen LogP contribution in [0.4, 0.5) is 0 Å². The number of benzene rings is 1. The first kappa shape index (κ1) is 15.5. The summed E-state index contributed by atoms with van der Waals surface area (Å²) < 4.78 is 27.1. The zero-order valence-electron chi connectivity index (χ0n) is 11.5. The average Bonchev–Trinajstić information content (AvgIpc) is 2.86. The second kappa shape index (κ2) is 5.84. The Labute approximate surface area is 123 Å². The summed E-state index contributed by atoms with van der Waals surface area (Å²) in [4.78, 5) is 11.2. The third-order valence-corrected chi connectivity index (χ3v) is 5.26. The van der Waals surface area contributed by atoms with Gasteiger partial charge >= 0.3 is 5.97 Å².